The highest BCUT2D eigenvalue weighted by atomic mass is 32.2. The standard InChI is InChI=1S/C17H17N3O7S/c1-10-9-19(11(2)21)15-8-13(4-6-17(15)27-10)28(25,26)18-14-7-12(20(23)24)3-5-16(14)22/h3-8,10,18,22H,9H2,1-2H3. The Labute approximate surface area is 160 Å². The van der Waals surface area contributed by atoms with Gasteiger partial charge in [-0.25, -0.2) is 8.42 Å². The highest BCUT2D eigenvalue weighted by molar-refractivity contribution is 7.92. The van der Waals surface area contributed by atoms with Crippen molar-refractivity contribution in [1.82, 2.24) is 0 Å². The first-order valence-electron chi connectivity index (χ1n) is 8.17. The van der Waals surface area contributed by atoms with Gasteiger partial charge in [0, 0.05) is 19.1 Å². The molecule has 2 aromatic rings. The molecule has 28 heavy (non-hydrogen) atoms. The van der Waals surface area contributed by atoms with Gasteiger partial charge < -0.3 is 14.7 Å². The number of nitrogens with zero attached hydrogens (tertiary/aromatic N) is 2. The van der Waals surface area contributed by atoms with E-state index in [1.807, 2.05) is 0 Å². The maximum atomic E-state index is 12.7. The molecule has 2 aromatic carbocycles. The van der Waals surface area contributed by atoms with E-state index in [0.29, 0.717) is 11.4 Å². The maximum Gasteiger partial charge on any atom is 0.271 e. The van der Waals surface area contributed by atoms with Crippen LogP contribution in [-0.2, 0) is 14.8 Å². The summed E-state index contributed by atoms with van der Waals surface area (Å²) in [6, 6.07) is 6.98. The fourth-order valence-corrected chi connectivity index (χ4v) is 3.89. The summed E-state index contributed by atoms with van der Waals surface area (Å²) < 4.78 is 33.2. The van der Waals surface area contributed by atoms with E-state index >= 15 is 0 Å². The lowest BCUT2D eigenvalue weighted by Gasteiger charge is -2.33. The first-order valence-corrected chi connectivity index (χ1v) is 9.66. The Bertz CT molecular complexity index is 1070. The summed E-state index contributed by atoms with van der Waals surface area (Å²) in [5, 5.41) is 20.7. The van der Waals surface area contributed by atoms with Gasteiger partial charge in [-0.05, 0) is 31.2 Å². The van der Waals surface area contributed by atoms with Crippen LogP contribution in [0.4, 0.5) is 17.1 Å². The van der Waals surface area contributed by atoms with Gasteiger partial charge in [-0.2, -0.15) is 0 Å². The minimum atomic E-state index is -4.20. The topological polar surface area (TPSA) is 139 Å². The Kier molecular flexibility index (Phi) is 4.86. The van der Waals surface area contributed by atoms with Crippen LogP contribution in [0.25, 0.3) is 0 Å². The van der Waals surface area contributed by atoms with E-state index in [9.17, 15) is 28.4 Å². The van der Waals surface area contributed by atoms with Crippen LogP contribution in [0.15, 0.2) is 41.3 Å². The number of amides is 1. The lowest BCUT2D eigenvalue weighted by Crippen LogP contribution is -2.41. The van der Waals surface area contributed by atoms with Crippen molar-refractivity contribution in [2.24, 2.45) is 0 Å². The number of sulfonamides is 1. The molecular formula is C17H17N3O7S. The van der Waals surface area contributed by atoms with Crippen molar-refractivity contribution in [1.29, 1.82) is 0 Å². The highest BCUT2D eigenvalue weighted by Gasteiger charge is 2.28. The van der Waals surface area contributed by atoms with Crippen LogP contribution in [0.5, 0.6) is 11.5 Å². The van der Waals surface area contributed by atoms with Gasteiger partial charge in [-0.1, -0.05) is 0 Å². The molecule has 148 valence electrons. The zero-order valence-electron chi connectivity index (χ0n) is 14.9. The van der Waals surface area contributed by atoms with E-state index in [1.165, 1.54) is 30.0 Å². The SMILES string of the molecule is CC(=O)N1CC(C)Oc2ccc(S(=O)(=O)Nc3cc([N+](=O)[O-])ccc3O)cc21. The molecule has 0 spiro atoms. The zero-order valence-corrected chi connectivity index (χ0v) is 15.8. The molecule has 1 heterocycles. The second-order valence-corrected chi connectivity index (χ2v) is 7.93. The van der Waals surface area contributed by atoms with Crippen LogP contribution in [-0.4, -0.2) is 37.0 Å². The minimum Gasteiger partial charge on any atom is -0.506 e. The predicted octanol–water partition coefficient (Wildman–Crippen LogP) is 2.24. The molecule has 1 amide bonds. The molecule has 0 saturated carbocycles. The first kappa shape index (κ1) is 19.4. The minimum absolute atomic E-state index is 0.193. The number of rotatable bonds is 4. The largest absolute Gasteiger partial charge is 0.506 e. The molecular weight excluding hydrogens is 390 g/mol. The average molecular weight is 407 g/mol. The van der Waals surface area contributed by atoms with E-state index in [2.05, 4.69) is 4.72 Å². The summed E-state index contributed by atoms with van der Waals surface area (Å²) >= 11 is 0. The molecule has 1 aliphatic heterocycles. The van der Waals surface area contributed by atoms with Crippen LogP contribution in [0.2, 0.25) is 0 Å². The molecule has 0 bridgehead atoms. The number of hydrogen-bond donors (Lipinski definition) is 2. The second-order valence-electron chi connectivity index (χ2n) is 6.25. The first-order chi connectivity index (χ1) is 13.1. The number of nitro groups is 1. The summed E-state index contributed by atoms with van der Waals surface area (Å²) in [7, 11) is -4.20. The Hall–Kier alpha value is -3.34. The number of fused-ring (bicyclic) bond motifs is 1. The Balaban J connectivity index is 2.00. The van der Waals surface area contributed by atoms with Gasteiger partial charge in [0.25, 0.3) is 15.7 Å². The van der Waals surface area contributed by atoms with Crippen LogP contribution in [0.1, 0.15) is 13.8 Å². The molecule has 0 fully saturated rings. The molecule has 0 aliphatic carbocycles. The van der Waals surface area contributed by atoms with Crippen molar-refractivity contribution in [3.63, 3.8) is 0 Å². The van der Waals surface area contributed by atoms with Crippen molar-refractivity contribution in [3.05, 3.63) is 46.5 Å². The lowest BCUT2D eigenvalue weighted by atomic mass is 10.2. The molecule has 0 aromatic heterocycles. The number of nitro benzene ring substituents is 1. The van der Waals surface area contributed by atoms with Crippen LogP contribution >= 0.6 is 0 Å². The van der Waals surface area contributed by atoms with Gasteiger partial charge >= 0.3 is 0 Å². The average Bonchev–Trinajstić information content (AvgIpc) is 2.61. The van der Waals surface area contributed by atoms with E-state index in [4.69, 9.17) is 4.74 Å². The molecule has 0 radical (unpaired) electrons. The number of hydrogen-bond acceptors (Lipinski definition) is 7. The normalized spacial score (nSPS) is 16.1. The fraction of sp³-hybridized carbons (Fsp3) is 0.235. The molecule has 10 nitrogen and oxygen atoms in total. The number of carbonyl (C=O) groups is 1. The van der Waals surface area contributed by atoms with Gasteiger partial charge in [0.1, 0.15) is 17.6 Å². The number of non-ortho nitro benzene ring substituents is 1. The van der Waals surface area contributed by atoms with Crippen LogP contribution in [0.3, 0.4) is 0 Å². The number of phenolic OH excluding ortho intramolecular Hbond substituents is 1. The molecule has 0 saturated heterocycles. The van der Waals surface area contributed by atoms with Crippen molar-refractivity contribution in [2.45, 2.75) is 24.8 Å². The van der Waals surface area contributed by atoms with E-state index in [-0.39, 0.29) is 34.8 Å². The van der Waals surface area contributed by atoms with Crippen molar-refractivity contribution in [2.75, 3.05) is 16.2 Å². The molecule has 1 aliphatic rings. The van der Waals surface area contributed by atoms with E-state index in [1.54, 1.807) is 6.92 Å². The predicted molar refractivity (Wildman–Crippen MR) is 100 cm³/mol. The third kappa shape index (κ3) is 3.69. The monoisotopic (exact) mass is 407 g/mol. The summed E-state index contributed by atoms with van der Waals surface area (Å²) in [6.07, 6.45) is -0.251. The number of benzene rings is 2. The van der Waals surface area contributed by atoms with Gasteiger partial charge in [-0.15, -0.1) is 0 Å². The van der Waals surface area contributed by atoms with E-state index in [0.717, 1.165) is 18.2 Å². The maximum absolute atomic E-state index is 12.7. The second kappa shape index (κ2) is 7.00. The van der Waals surface area contributed by atoms with Crippen molar-refractivity contribution < 1.29 is 28.0 Å². The summed E-state index contributed by atoms with van der Waals surface area (Å²) in [5.74, 6) is -0.365. The number of ether oxygens (including phenoxy) is 1. The molecule has 1 atom stereocenters. The third-order valence-electron chi connectivity index (χ3n) is 4.11. The number of anilines is 2. The number of carbonyl (C=O) groups excluding carboxylic acids is 1. The summed E-state index contributed by atoms with van der Waals surface area (Å²) in [6.45, 7) is 3.42. The summed E-state index contributed by atoms with van der Waals surface area (Å²) in [4.78, 5) is 23.3. The Morgan fingerprint density at radius 3 is 2.68 bits per heavy atom. The summed E-state index contributed by atoms with van der Waals surface area (Å²) in [5.41, 5.74) is -0.414. The van der Waals surface area contributed by atoms with Gasteiger partial charge in [-0.3, -0.25) is 19.6 Å². The smallest absolute Gasteiger partial charge is 0.271 e. The van der Waals surface area contributed by atoms with E-state index < -0.39 is 20.7 Å². The zero-order chi connectivity index (χ0) is 20.6. The number of phenols is 1. The van der Waals surface area contributed by atoms with Gasteiger partial charge in [0.05, 0.1) is 27.7 Å². The van der Waals surface area contributed by atoms with Crippen molar-refractivity contribution >= 4 is 33.0 Å². The van der Waals surface area contributed by atoms with Crippen LogP contribution < -0.4 is 14.4 Å². The Morgan fingerprint density at radius 1 is 1.32 bits per heavy atom. The molecule has 3 rings (SSSR count). The Morgan fingerprint density at radius 2 is 2.04 bits per heavy atom. The molecule has 2 N–H and O–H groups in total. The van der Waals surface area contributed by atoms with Crippen LogP contribution in [0, 0.1) is 10.1 Å². The number of aromatic hydroxyl groups is 1. The molecule has 1 unspecified atom stereocenters. The van der Waals surface area contributed by atoms with Crippen molar-refractivity contribution in [3.8, 4) is 11.5 Å². The fourth-order valence-electron chi connectivity index (χ4n) is 2.81. The number of nitrogens with one attached hydrogen (secondary N) is 1. The van der Waals surface area contributed by atoms with Gasteiger partial charge in [0.15, 0.2) is 0 Å². The highest BCUT2D eigenvalue weighted by Crippen LogP contribution is 2.36. The third-order valence-corrected chi connectivity index (χ3v) is 5.48. The molecule has 11 heteroatoms. The lowest BCUT2D eigenvalue weighted by molar-refractivity contribution is -0.384. The van der Waals surface area contributed by atoms with Gasteiger partial charge in [0.2, 0.25) is 5.91 Å². The quantitative estimate of drug-likeness (QED) is 0.450.